The number of hydrogen-bond acceptors (Lipinski definition) is 8. The van der Waals surface area contributed by atoms with E-state index in [1.54, 1.807) is 4.57 Å². The third-order valence-electron chi connectivity index (χ3n) is 3.51. The summed E-state index contributed by atoms with van der Waals surface area (Å²) in [4.78, 5) is 22.1. The van der Waals surface area contributed by atoms with Crippen LogP contribution in [0.3, 0.4) is 0 Å². The third kappa shape index (κ3) is 2.14. The molecule has 0 aliphatic carbocycles. The van der Waals surface area contributed by atoms with Crippen LogP contribution in [-0.2, 0) is 4.74 Å². The van der Waals surface area contributed by atoms with Crippen LogP contribution in [0.2, 0.25) is 0 Å². The molecule has 2 aromatic rings. The smallest absolute Gasteiger partial charge is 0.280 e. The van der Waals surface area contributed by atoms with Crippen molar-refractivity contribution in [2.24, 2.45) is 5.16 Å². The lowest BCUT2D eigenvalue weighted by molar-refractivity contribution is -0.0539. The number of nitrogens with two attached hydrogens (primary N) is 1. The number of nitrogens with zero attached hydrogens (tertiary/aromatic N) is 4. The molecule has 0 spiro atoms. The number of aliphatic hydroxyl groups excluding tert-OH is 1. The lowest BCUT2D eigenvalue weighted by Gasteiger charge is -2.22. The average Bonchev–Trinajstić information content (AvgIpc) is 3.04. The monoisotopic (exact) mass is 294 g/mol. The van der Waals surface area contributed by atoms with Gasteiger partial charge in [0, 0.05) is 0 Å². The molecule has 2 aromatic heterocycles. The van der Waals surface area contributed by atoms with Crippen molar-refractivity contribution in [3.63, 3.8) is 0 Å². The van der Waals surface area contributed by atoms with Crippen LogP contribution in [0.1, 0.15) is 19.1 Å². The zero-order valence-electron chi connectivity index (χ0n) is 10.9. The molecule has 0 amide bonds. The predicted molar refractivity (Wildman–Crippen MR) is 72.0 cm³/mol. The molecule has 1 aliphatic rings. The number of aromatic amines is 1. The molecule has 10 nitrogen and oxygen atoms in total. The van der Waals surface area contributed by atoms with E-state index in [9.17, 15) is 9.90 Å². The predicted octanol–water partition coefficient (Wildman–Crippen LogP) is -0.798. The Balaban J connectivity index is 2.01. The summed E-state index contributed by atoms with van der Waals surface area (Å²) < 4.78 is 7.31. The highest BCUT2D eigenvalue weighted by atomic mass is 16.5. The van der Waals surface area contributed by atoms with Gasteiger partial charge in [0.15, 0.2) is 11.2 Å². The van der Waals surface area contributed by atoms with Gasteiger partial charge in [-0.15, -0.1) is 0 Å². The second kappa shape index (κ2) is 4.82. The number of nitrogen functional groups attached to an aromatic ring is 1. The Labute approximate surface area is 117 Å². The number of ether oxygens (including phenoxy) is 1. The second-order valence-electron chi connectivity index (χ2n) is 4.85. The SMILES string of the molecule is Nc1nc2c(ncn2[C@H]2CC[C@@](/C=N\O)(CO)O2)c(=O)[nH]1. The van der Waals surface area contributed by atoms with E-state index in [0.717, 1.165) is 6.21 Å². The highest BCUT2D eigenvalue weighted by Crippen LogP contribution is 2.36. The van der Waals surface area contributed by atoms with Gasteiger partial charge in [-0.3, -0.25) is 14.3 Å². The minimum absolute atomic E-state index is 0.0161. The highest BCUT2D eigenvalue weighted by molar-refractivity contribution is 5.71. The molecule has 1 fully saturated rings. The summed E-state index contributed by atoms with van der Waals surface area (Å²) in [5, 5.41) is 21.0. The Morgan fingerprint density at radius 2 is 2.52 bits per heavy atom. The van der Waals surface area contributed by atoms with Gasteiger partial charge < -0.3 is 20.8 Å². The summed E-state index contributed by atoms with van der Waals surface area (Å²) in [6.45, 7) is -0.323. The minimum Gasteiger partial charge on any atom is -0.411 e. The van der Waals surface area contributed by atoms with Crippen molar-refractivity contribution in [1.29, 1.82) is 0 Å². The lowest BCUT2D eigenvalue weighted by Crippen LogP contribution is -2.35. The zero-order valence-corrected chi connectivity index (χ0v) is 10.9. The van der Waals surface area contributed by atoms with Crippen molar-refractivity contribution in [3.8, 4) is 0 Å². The molecule has 21 heavy (non-hydrogen) atoms. The van der Waals surface area contributed by atoms with E-state index in [1.165, 1.54) is 6.33 Å². The molecule has 1 aliphatic heterocycles. The number of nitrogens with one attached hydrogen (secondary N) is 1. The maximum Gasteiger partial charge on any atom is 0.280 e. The van der Waals surface area contributed by atoms with Crippen molar-refractivity contribution in [1.82, 2.24) is 19.5 Å². The summed E-state index contributed by atoms with van der Waals surface area (Å²) in [6, 6.07) is 0. The van der Waals surface area contributed by atoms with Crippen molar-refractivity contribution in [3.05, 3.63) is 16.7 Å². The van der Waals surface area contributed by atoms with Gasteiger partial charge in [-0.05, 0) is 12.8 Å². The van der Waals surface area contributed by atoms with Crippen LogP contribution in [0.25, 0.3) is 11.2 Å². The Bertz CT molecular complexity index is 753. The maximum atomic E-state index is 11.7. The molecule has 112 valence electrons. The van der Waals surface area contributed by atoms with Gasteiger partial charge >= 0.3 is 0 Å². The van der Waals surface area contributed by atoms with Crippen molar-refractivity contribution >= 4 is 23.3 Å². The van der Waals surface area contributed by atoms with E-state index >= 15 is 0 Å². The molecule has 0 saturated carbocycles. The number of aliphatic hydroxyl groups is 1. The second-order valence-corrected chi connectivity index (χ2v) is 4.85. The van der Waals surface area contributed by atoms with Crippen LogP contribution in [0.4, 0.5) is 5.95 Å². The number of rotatable bonds is 3. The molecule has 0 aromatic carbocycles. The quantitative estimate of drug-likeness (QED) is 0.328. The Hall–Kier alpha value is -2.46. The summed E-state index contributed by atoms with van der Waals surface area (Å²) >= 11 is 0. The number of aromatic nitrogens is 4. The molecular weight excluding hydrogens is 280 g/mol. The molecule has 5 N–H and O–H groups in total. The van der Waals surface area contributed by atoms with E-state index in [-0.39, 0.29) is 18.1 Å². The van der Waals surface area contributed by atoms with Gasteiger partial charge in [0.2, 0.25) is 5.95 Å². The Morgan fingerprint density at radius 3 is 3.24 bits per heavy atom. The van der Waals surface area contributed by atoms with Crippen LogP contribution in [0.5, 0.6) is 0 Å². The first-order chi connectivity index (χ1) is 10.1. The first-order valence-electron chi connectivity index (χ1n) is 6.28. The number of oxime groups is 1. The van der Waals surface area contributed by atoms with E-state index < -0.39 is 17.4 Å². The first-order valence-corrected chi connectivity index (χ1v) is 6.28. The number of H-pyrrole nitrogens is 1. The number of anilines is 1. The van der Waals surface area contributed by atoms with Crippen molar-refractivity contribution in [2.75, 3.05) is 12.3 Å². The van der Waals surface area contributed by atoms with Gasteiger partial charge in [0.25, 0.3) is 5.56 Å². The summed E-state index contributed by atoms with van der Waals surface area (Å²) in [6.07, 6.45) is 3.08. The summed E-state index contributed by atoms with van der Waals surface area (Å²) in [5.74, 6) is -0.0161. The first kappa shape index (κ1) is 13.5. The fourth-order valence-electron chi connectivity index (χ4n) is 2.46. The lowest BCUT2D eigenvalue weighted by atomic mass is 10.0. The van der Waals surface area contributed by atoms with Crippen LogP contribution < -0.4 is 11.3 Å². The van der Waals surface area contributed by atoms with Crippen molar-refractivity contribution in [2.45, 2.75) is 24.7 Å². The fraction of sp³-hybridized carbons (Fsp3) is 0.455. The van der Waals surface area contributed by atoms with E-state index in [1.807, 2.05) is 0 Å². The number of hydrogen-bond donors (Lipinski definition) is 4. The van der Waals surface area contributed by atoms with E-state index in [2.05, 4.69) is 20.1 Å². The highest BCUT2D eigenvalue weighted by Gasteiger charge is 2.40. The third-order valence-corrected chi connectivity index (χ3v) is 3.51. The van der Waals surface area contributed by atoms with Gasteiger partial charge in [-0.2, -0.15) is 4.98 Å². The summed E-state index contributed by atoms with van der Waals surface area (Å²) in [5.41, 5.74) is 4.51. The summed E-state index contributed by atoms with van der Waals surface area (Å²) in [7, 11) is 0. The minimum atomic E-state index is -1.05. The molecule has 2 atom stereocenters. The van der Waals surface area contributed by atoms with Crippen LogP contribution in [-0.4, -0.2) is 48.3 Å². The van der Waals surface area contributed by atoms with Gasteiger partial charge in [-0.25, -0.2) is 4.98 Å². The van der Waals surface area contributed by atoms with Gasteiger partial charge in [0.05, 0.1) is 19.1 Å². The Kier molecular flexibility index (Phi) is 3.11. The van der Waals surface area contributed by atoms with Gasteiger partial charge in [0.1, 0.15) is 11.8 Å². The topological polar surface area (TPSA) is 152 Å². The number of imidazole rings is 1. The largest absolute Gasteiger partial charge is 0.411 e. The molecule has 1 saturated heterocycles. The van der Waals surface area contributed by atoms with Crippen LogP contribution >= 0.6 is 0 Å². The normalized spacial score (nSPS) is 26.0. The van der Waals surface area contributed by atoms with E-state index in [0.29, 0.717) is 18.5 Å². The molecule has 0 unspecified atom stereocenters. The van der Waals surface area contributed by atoms with Crippen LogP contribution in [0.15, 0.2) is 16.3 Å². The van der Waals surface area contributed by atoms with Crippen molar-refractivity contribution < 1.29 is 15.1 Å². The molecule has 0 radical (unpaired) electrons. The molecule has 3 heterocycles. The standard InChI is InChI=1S/C11H14N6O4/c12-10-15-8-7(9(19)16-10)13-5-17(8)6-1-2-11(4-18,21-6)3-14-20/h3,5-6,18,20H,1-2,4H2,(H3,12,15,16,19)/b14-3-/t6-,11-/m1/s1. The van der Waals surface area contributed by atoms with Crippen LogP contribution in [0, 0.1) is 0 Å². The fourth-order valence-corrected chi connectivity index (χ4v) is 2.46. The molecule has 3 rings (SSSR count). The average molecular weight is 294 g/mol. The molecule has 10 heteroatoms. The van der Waals surface area contributed by atoms with E-state index in [4.69, 9.17) is 15.7 Å². The molecular formula is C11H14N6O4. The van der Waals surface area contributed by atoms with Gasteiger partial charge in [-0.1, -0.05) is 5.16 Å². The number of fused-ring (bicyclic) bond motifs is 1. The zero-order chi connectivity index (χ0) is 15.0. The molecule has 0 bridgehead atoms. The maximum absolute atomic E-state index is 11.7. The Morgan fingerprint density at radius 1 is 1.71 bits per heavy atom.